The molecule has 7 heteroatoms. The second kappa shape index (κ2) is 4.29. The van der Waals surface area contributed by atoms with Crippen molar-refractivity contribution in [2.75, 3.05) is 0 Å². The quantitative estimate of drug-likeness (QED) is 0.572. The molecule has 0 radical (unpaired) electrons. The molecule has 0 spiro atoms. The van der Waals surface area contributed by atoms with Crippen LogP contribution in [0.15, 0.2) is 36.0 Å². The van der Waals surface area contributed by atoms with E-state index in [9.17, 15) is 15.2 Å². The van der Waals surface area contributed by atoms with Crippen LogP contribution in [-0.4, -0.2) is 20.0 Å². The maximum atomic E-state index is 10.7. The molecule has 0 aliphatic rings. The fraction of sp³-hybridized carbons (Fsp3) is 0. The molecule has 2 heterocycles. The molecule has 19 heavy (non-hydrogen) atoms. The molecule has 0 aliphatic heterocycles. The average molecular weight is 273 g/mol. The Morgan fingerprint density at radius 1 is 1.32 bits per heavy atom. The fourth-order valence-corrected chi connectivity index (χ4v) is 2.36. The number of fused-ring (bicyclic) bond motifs is 1. The predicted molar refractivity (Wildman–Crippen MR) is 71.2 cm³/mol. The minimum Gasteiger partial charge on any atom is -0.507 e. The van der Waals surface area contributed by atoms with Crippen LogP contribution in [0, 0.1) is 10.1 Å². The number of hydrogen-bond acceptors (Lipinski definition) is 6. The van der Waals surface area contributed by atoms with E-state index in [-0.39, 0.29) is 11.4 Å². The van der Waals surface area contributed by atoms with Gasteiger partial charge in [0.25, 0.3) is 5.69 Å². The first-order chi connectivity index (χ1) is 9.15. The fourth-order valence-electron chi connectivity index (χ4n) is 1.78. The van der Waals surface area contributed by atoms with Crippen LogP contribution in [0.4, 0.5) is 5.69 Å². The lowest BCUT2D eigenvalue weighted by Gasteiger charge is -2.03. The number of nitrogens with zero attached hydrogens (tertiary/aromatic N) is 3. The summed E-state index contributed by atoms with van der Waals surface area (Å²) in [5.74, 6) is -0.0305. The zero-order valence-electron chi connectivity index (χ0n) is 9.48. The number of nitro groups is 1. The van der Waals surface area contributed by atoms with Gasteiger partial charge in [-0.2, -0.15) is 0 Å². The number of benzene rings is 1. The van der Waals surface area contributed by atoms with E-state index >= 15 is 0 Å². The van der Waals surface area contributed by atoms with Crippen molar-refractivity contribution in [3.63, 3.8) is 0 Å². The summed E-state index contributed by atoms with van der Waals surface area (Å²) in [6.07, 6.45) is 1.66. The lowest BCUT2D eigenvalue weighted by Crippen LogP contribution is -1.89. The van der Waals surface area contributed by atoms with Gasteiger partial charge >= 0.3 is 0 Å². The van der Waals surface area contributed by atoms with Gasteiger partial charge in [0, 0.05) is 29.8 Å². The first kappa shape index (κ1) is 11.5. The molecule has 0 atom stereocenters. The van der Waals surface area contributed by atoms with Crippen molar-refractivity contribution >= 4 is 27.9 Å². The molecule has 0 saturated heterocycles. The number of aromatic hydroxyl groups is 1. The number of hydrogen-bond donors (Lipinski definition) is 1. The number of aromatic nitrogens is 2. The topological polar surface area (TPSA) is 89.2 Å². The Kier molecular flexibility index (Phi) is 2.60. The summed E-state index contributed by atoms with van der Waals surface area (Å²) in [6, 6.07) is 5.69. The zero-order valence-corrected chi connectivity index (χ0v) is 10.3. The Labute approximate surface area is 111 Å². The summed E-state index contributed by atoms with van der Waals surface area (Å²) in [5, 5.41) is 21.0. The van der Waals surface area contributed by atoms with Crippen LogP contribution >= 0.6 is 11.3 Å². The Hall–Kier alpha value is -2.54. The molecule has 0 saturated carbocycles. The molecule has 0 unspecified atom stereocenters. The Morgan fingerprint density at radius 2 is 2.16 bits per heavy atom. The van der Waals surface area contributed by atoms with E-state index in [1.165, 1.54) is 35.6 Å². The molecular formula is C12H7N3O3S. The summed E-state index contributed by atoms with van der Waals surface area (Å²) < 4.78 is 0. The number of rotatable bonds is 2. The van der Waals surface area contributed by atoms with Gasteiger partial charge < -0.3 is 5.11 Å². The second-order valence-electron chi connectivity index (χ2n) is 3.85. The van der Waals surface area contributed by atoms with Crippen LogP contribution in [0.5, 0.6) is 5.75 Å². The molecule has 1 aromatic carbocycles. The van der Waals surface area contributed by atoms with Crippen LogP contribution in [0.3, 0.4) is 0 Å². The van der Waals surface area contributed by atoms with Crippen molar-refractivity contribution in [1.82, 2.24) is 9.97 Å². The minimum atomic E-state index is -0.504. The van der Waals surface area contributed by atoms with Gasteiger partial charge in [-0.15, -0.1) is 11.3 Å². The highest BCUT2D eigenvalue weighted by atomic mass is 32.1. The predicted octanol–water partition coefficient (Wildman–Crippen LogP) is 2.97. The number of nitro benzene ring substituents is 1. The Morgan fingerprint density at radius 3 is 2.84 bits per heavy atom. The minimum absolute atomic E-state index is 0.0305. The summed E-state index contributed by atoms with van der Waals surface area (Å²) in [4.78, 5) is 19.4. The lowest BCUT2D eigenvalue weighted by molar-refractivity contribution is -0.384. The molecule has 3 rings (SSSR count). The smallest absolute Gasteiger partial charge is 0.270 e. The van der Waals surface area contributed by atoms with E-state index in [2.05, 4.69) is 9.97 Å². The van der Waals surface area contributed by atoms with E-state index < -0.39 is 4.92 Å². The molecule has 0 aliphatic carbocycles. The van der Waals surface area contributed by atoms with Gasteiger partial charge in [0.05, 0.1) is 26.5 Å². The second-order valence-corrected chi connectivity index (χ2v) is 4.74. The highest BCUT2D eigenvalue weighted by Gasteiger charge is 2.12. The third kappa shape index (κ3) is 2.00. The summed E-state index contributed by atoms with van der Waals surface area (Å²) in [7, 11) is 0. The molecule has 94 valence electrons. The van der Waals surface area contributed by atoms with Crippen molar-refractivity contribution in [1.29, 1.82) is 0 Å². The molecule has 0 bridgehead atoms. The average Bonchev–Trinajstić information content (AvgIpc) is 2.92. The Balaban J connectivity index is 2.22. The van der Waals surface area contributed by atoms with Gasteiger partial charge in [-0.1, -0.05) is 0 Å². The molecule has 1 N–H and O–H groups in total. The summed E-state index contributed by atoms with van der Waals surface area (Å²) >= 11 is 1.41. The van der Waals surface area contributed by atoms with Crippen molar-refractivity contribution in [2.45, 2.75) is 0 Å². The van der Waals surface area contributed by atoms with Gasteiger partial charge in [0.15, 0.2) is 0 Å². The summed E-state index contributed by atoms with van der Waals surface area (Å²) in [5.41, 5.74) is 2.71. The Bertz CT molecular complexity index is 771. The first-order valence-corrected chi connectivity index (χ1v) is 6.20. The van der Waals surface area contributed by atoms with Crippen molar-refractivity contribution < 1.29 is 10.0 Å². The molecule has 6 nitrogen and oxygen atoms in total. The van der Waals surface area contributed by atoms with Gasteiger partial charge in [-0.05, 0) is 6.07 Å². The van der Waals surface area contributed by atoms with Crippen molar-refractivity contribution in [2.24, 2.45) is 0 Å². The maximum absolute atomic E-state index is 10.7. The van der Waals surface area contributed by atoms with Crippen molar-refractivity contribution in [3.8, 4) is 16.3 Å². The highest BCUT2D eigenvalue weighted by molar-refractivity contribution is 7.13. The van der Waals surface area contributed by atoms with E-state index in [4.69, 9.17) is 0 Å². The SMILES string of the molecule is O=[N+]([O-])c1ccc2nc(-c3cncs3)cc(O)c2c1. The van der Waals surface area contributed by atoms with Crippen LogP contribution in [0.1, 0.15) is 0 Å². The lowest BCUT2D eigenvalue weighted by atomic mass is 10.1. The normalized spacial score (nSPS) is 10.7. The van der Waals surface area contributed by atoms with Crippen molar-refractivity contribution in [3.05, 3.63) is 46.1 Å². The van der Waals surface area contributed by atoms with Gasteiger partial charge in [0.1, 0.15) is 5.75 Å². The van der Waals surface area contributed by atoms with Crippen LogP contribution in [0.2, 0.25) is 0 Å². The first-order valence-electron chi connectivity index (χ1n) is 5.32. The molecule has 0 amide bonds. The standard InChI is InChI=1S/C12H7N3O3S/c16-11-4-10(12-5-13-6-19-12)14-9-2-1-7(15(17)18)3-8(9)11/h1-6H,(H,14,16). The van der Waals surface area contributed by atoms with E-state index in [1.807, 2.05) is 0 Å². The molecule has 3 aromatic rings. The number of non-ortho nitro benzene ring substituents is 1. The van der Waals surface area contributed by atoms with Gasteiger partial charge in [0.2, 0.25) is 0 Å². The van der Waals surface area contributed by atoms with Crippen LogP contribution in [0.25, 0.3) is 21.5 Å². The third-order valence-electron chi connectivity index (χ3n) is 2.67. The van der Waals surface area contributed by atoms with Crippen LogP contribution in [-0.2, 0) is 0 Å². The molecule has 2 aromatic heterocycles. The molecule has 0 fully saturated rings. The summed E-state index contributed by atoms with van der Waals surface area (Å²) in [6.45, 7) is 0. The highest BCUT2D eigenvalue weighted by Crippen LogP contribution is 2.32. The van der Waals surface area contributed by atoms with E-state index in [0.717, 1.165) is 4.88 Å². The van der Waals surface area contributed by atoms with E-state index in [1.54, 1.807) is 11.7 Å². The number of pyridine rings is 1. The van der Waals surface area contributed by atoms with Crippen LogP contribution < -0.4 is 0 Å². The van der Waals surface area contributed by atoms with E-state index in [0.29, 0.717) is 16.6 Å². The number of thiazole rings is 1. The largest absolute Gasteiger partial charge is 0.507 e. The monoisotopic (exact) mass is 273 g/mol. The maximum Gasteiger partial charge on any atom is 0.270 e. The third-order valence-corrected chi connectivity index (χ3v) is 3.46. The zero-order chi connectivity index (χ0) is 13.4. The van der Waals surface area contributed by atoms with Gasteiger partial charge in [-0.3, -0.25) is 15.1 Å². The molecular weight excluding hydrogens is 266 g/mol. The van der Waals surface area contributed by atoms with Gasteiger partial charge in [-0.25, -0.2) is 4.98 Å².